The van der Waals surface area contributed by atoms with Crippen molar-refractivity contribution in [3.05, 3.63) is 53.3 Å². The number of pyridine rings is 1. The zero-order chi connectivity index (χ0) is 21.2. The van der Waals surface area contributed by atoms with Crippen LogP contribution in [0, 0.1) is 12.8 Å². The van der Waals surface area contributed by atoms with Crippen LogP contribution in [0.1, 0.15) is 34.6 Å². The van der Waals surface area contributed by atoms with Crippen molar-refractivity contribution in [2.24, 2.45) is 11.7 Å². The number of nitrogens with one attached hydrogen (secondary N) is 1. The van der Waals surface area contributed by atoms with Crippen molar-refractivity contribution in [1.29, 1.82) is 0 Å². The number of benzene rings is 1. The summed E-state index contributed by atoms with van der Waals surface area (Å²) in [6.45, 7) is 2.59. The number of nitrogens with zero attached hydrogens (tertiary/aromatic N) is 2. The minimum absolute atomic E-state index is 0.00270. The van der Waals surface area contributed by atoms with Crippen molar-refractivity contribution < 1.29 is 22.8 Å². The fourth-order valence-electron chi connectivity index (χ4n) is 3.41. The Hall–Kier alpha value is -3.10. The molecule has 2 amide bonds. The molecule has 0 unspecified atom stereocenters. The first kappa shape index (κ1) is 20.6. The summed E-state index contributed by atoms with van der Waals surface area (Å²) in [5.41, 5.74) is 5.72. The van der Waals surface area contributed by atoms with Crippen LogP contribution in [-0.4, -0.2) is 29.9 Å². The molecule has 0 atom stereocenters. The van der Waals surface area contributed by atoms with Gasteiger partial charge in [-0.1, -0.05) is 12.1 Å². The molecule has 0 spiro atoms. The summed E-state index contributed by atoms with van der Waals surface area (Å²) >= 11 is 0. The number of amides is 2. The van der Waals surface area contributed by atoms with Crippen molar-refractivity contribution in [2.45, 2.75) is 25.9 Å². The molecule has 154 valence electrons. The lowest BCUT2D eigenvalue weighted by Crippen LogP contribution is -2.38. The minimum atomic E-state index is -4.57. The summed E-state index contributed by atoms with van der Waals surface area (Å²) in [4.78, 5) is 29.6. The Kier molecular flexibility index (Phi) is 5.76. The molecule has 1 aliphatic rings. The van der Waals surface area contributed by atoms with Crippen LogP contribution in [0.5, 0.6) is 0 Å². The third-order valence-electron chi connectivity index (χ3n) is 5.01. The molecule has 2 aromatic rings. The number of rotatable bonds is 4. The Morgan fingerprint density at radius 3 is 2.38 bits per heavy atom. The fourth-order valence-corrected chi connectivity index (χ4v) is 3.41. The van der Waals surface area contributed by atoms with E-state index in [1.54, 1.807) is 12.1 Å². The van der Waals surface area contributed by atoms with Gasteiger partial charge in [0, 0.05) is 19.0 Å². The zero-order valence-corrected chi connectivity index (χ0v) is 15.8. The van der Waals surface area contributed by atoms with Gasteiger partial charge in [0.2, 0.25) is 5.91 Å². The molecule has 1 fully saturated rings. The summed E-state index contributed by atoms with van der Waals surface area (Å²) in [7, 11) is 0. The van der Waals surface area contributed by atoms with Gasteiger partial charge in [0.1, 0.15) is 5.69 Å². The van der Waals surface area contributed by atoms with E-state index in [0.717, 1.165) is 17.8 Å². The number of carbonyl (C=O) groups is 2. The second-order valence-corrected chi connectivity index (χ2v) is 6.96. The largest absolute Gasteiger partial charge is 0.433 e. The van der Waals surface area contributed by atoms with Crippen LogP contribution in [0.25, 0.3) is 0 Å². The number of anilines is 2. The molecule has 29 heavy (non-hydrogen) atoms. The van der Waals surface area contributed by atoms with E-state index in [4.69, 9.17) is 5.73 Å². The summed E-state index contributed by atoms with van der Waals surface area (Å²) in [6, 6.07) is 9.07. The SMILES string of the molecule is Cc1nc(C(F)(F)F)ccc1C(=O)Nc1ccccc1N1CCC(C(N)=O)CC1. The van der Waals surface area contributed by atoms with Crippen molar-refractivity contribution >= 4 is 23.2 Å². The van der Waals surface area contributed by atoms with E-state index in [1.807, 2.05) is 17.0 Å². The van der Waals surface area contributed by atoms with E-state index in [-0.39, 0.29) is 23.1 Å². The van der Waals surface area contributed by atoms with Gasteiger partial charge in [-0.15, -0.1) is 0 Å². The third-order valence-corrected chi connectivity index (χ3v) is 5.01. The number of aryl methyl sites for hydroxylation is 1. The van der Waals surface area contributed by atoms with Crippen molar-refractivity contribution in [1.82, 2.24) is 4.98 Å². The molecule has 1 aliphatic heterocycles. The normalized spacial score (nSPS) is 15.2. The second-order valence-electron chi connectivity index (χ2n) is 6.96. The van der Waals surface area contributed by atoms with E-state index in [2.05, 4.69) is 10.3 Å². The predicted molar refractivity (Wildman–Crippen MR) is 103 cm³/mol. The quantitative estimate of drug-likeness (QED) is 0.815. The number of piperidine rings is 1. The Morgan fingerprint density at radius 2 is 1.79 bits per heavy atom. The molecule has 0 radical (unpaired) electrons. The highest BCUT2D eigenvalue weighted by Gasteiger charge is 2.33. The number of hydrogen-bond donors (Lipinski definition) is 2. The maximum Gasteiger partial charge on any atom is 0.433 e. The standard InChI is InChI=1S/C20H21F3N4O2/c1-12-14(6-7-17(25-12)20(21,22)23)19(29)26-15-4-2-3-5-16(15)27-10-8-13(9-11-27)18(24)28/h2-7,13H,8-11H2,1H3,(H2,24,28)(H,26,29). The number of aromatic nitrogens is 1. The molecule has 2 heterocycles. The molecule has 3 rings (SSSR count). The van der Waals surface area contributed by atoms with Crippen molar-refractivity contribution in [3.8, 4) is 0 Å². The fraction of sp³-hybridized carbons (Fsp3) is 0.350. The molecule has 9 heteroatoms. The third kappa shape index (κ3) is 4.67. The molecule has 1 saturated heterocycles. The average Bonchev–Trinajstić information content (AvgIpc) is 2.67. The first-order valence-electron chi connectivity index (χ1n) is 9.16. The topological polar surface area (TPSA) is 88.3 Å². The van der Waals surface area contributed by atoms with Crippen LogP contribution >= 0.6 is 0 Å². The molecule has 0 saturated carbocycles. The van der Waals surface area contributed by atoms with Crippen molar-refractivity contribution in [2.75, 3.05) is 23.3 Å². The second kappa shape index (κ2) is 8.10. The molecule has 1 aromatic carbocycles. The van der Waals surface area contributed by atoms with Gasteiger partial charge in [-0.05, 0) is 44.0 Å². The lowest BCUT2D eigenvalue weighted by atomic mass is 9.96. The highest BCUT2D eigenvalue weighted by Crippen LogP contribution is 2.31. The summed E-state index contributed by atoms with van der Waals surface area (Å²) < 4.78 is 38.4. The van der Waals surface area contributed by atoms with Gasteiger partial charge in [0.05, 0.1) is 22.6 Å². The molecular weight excluding hydrogens is 385 g/mol. The first-order chi connectivity index (χ1) is 13.7. The number of alkyl halides is 3. The number of primary amides is 1. The number of carbonyl (C=O) groups excluding carboxylic acids is 2. The number of hydrogen-bond acceptors (Lipinski definition) is 4. The van der Waals surface area contributed by atoms with Crippen LogP contribution in [0.4, 0.5) is 24.5 Å². The van der Waals surface area contributed by atoms with Gasteiger partial charge >= 0.3 is 6.18 Å². The number of para-hydroxylation sites is 2. The summed E-state index contributed by atoms with van der Waals surface area (Å²) in [5.74, 6) is -1.01. The van der Waals surface area contributed by atoms with E-state index >= 15 is 0 Å². The minimum Gasteiger partial charge on any atom is -0.370 e. The lowest BCUT2D eigenvalue weighted by molar-refractivity contribution is -0.141. The van der Waals surface area contributed by atoms with E-state index < -0.39 is 17.8 Å². The molecule has 6 nitrogen and oxygen atoms in total. The maximum atomic E-state index is 12.8. The zero-order valence-electron chi connectivity index (χ0n) is 15.8. The average molecular weight is 406 g/mol. The molecule has 3 N–H and O–H groups in total. The van der Waals surface area contributed by atoms with E-state index in [9.17, 15) is 22.8 Å². The highest BCUT2D eigenvalue weighted by molar-refractivity contribution is 6.06. The van der Waals surface area contributed by atoms with Crippen LogP contribution in [0.3, 0.4) is 0 Å². The summed E-state index contributed by atoms with van der Waals surface area (Å²) in [6.07, 6.45) is -3.32. The lowest BCUT2D eigenvalue weighted by Gasteiger charge is -2.33. The number of halogens is 3. The van der Waals surface area contributed by atoms with E-state index in [0.29, 0.717) is 31.6 Å². The van der Waals surface area contributed by atoms with Crippen LogP contribution in [0.15, 0.2) is 36.4 Å². The van der Waals surface area contributed by atoms with Gasteiger partial charge in [0.25, 0.3) is 5.91 Å². The molecule has 1 aromatic heterocycles. The maximum absolute atomic E-state index is 12.8. The Bertz CT molecular complexity index is 922. The Balaban J connectivity index is 1.78. The molecular formula is C20H21F3N4O2. The van der Waals surface area contributed by atoms with Gasteiger partial charge in [-0.25, -0.2) is 4.98 Å². The predicted octanol–water partition coefficient (Wildman–Crippen LogP) is 3.36. The Morgan fingerprint density at radius 1 is 1.14 bits per heavy atom. The van der Waals surface area contributed by atoms with Crippen LogP contribution < -0.4 is 16.0 Å². The van der Waals surface area contributed by atoms with Gasteiger partial charge in [-0.3, -0.25) is 9.59 Å². The van der Waals surface area contributed by atoms with Crippen LogP contribution in [0.2, 0.25) is 0 Å². The summed E-state index contributed by atoms with van der Waals surface area (Å²) in [5, 5.41) is 2.76. The smallest absolute Gasteiger partial charge is 0.370 e. The first-order valence-corrected chi connectivity index (χ1v) is 9.16. The van der Waals surface area contributed by atoms with Gasteiger partial charge < -0.3 is 16.0 Å². The van der Waals surface area contributed by atoms with Gasteiger partial charge in [-0.2, -0.15) is 13.2 Å². The van der Waals surface area contributed by atoms with Crippen LogP contribution in [-0.2, 0) is 11.0 Å². The Labute approximate surface area is 165 Å². The monoisotopic (exact) mass is 406 g/mol. The molecule has 0 aliphatic carbocycles. The van der Waals surface area contributed by atoms with Gasteiger partial charge in [0.15, 0.2) is 0 Å². The molecule has 0 bridgehead atoms. The van der Waals surface area contributed by atoms with E-state index in [1.165, 1.54) is 6.92 Å². The number of nitrogens with two attached hydrogens (primary N) is 1. The van der Waals surface area contributed by atoms with Crippen molar-refractivity contribution in [3.63, 3.8) is 0 Å². The highest BCUT2D eigenvalue weighted by atomic mass is 19.4.